The topological polar surface area (TPSA) is 12.0 Å². The van der Waals surface area contributed by atoms with Crippen LogP contribution in [0.1, 0.15) is 50.1 Å². The highest BCUT2D eigenvalue weighted by molar-refractivity contribution is 7.19. The lowest BCUT2D eigenvalue weighted by Crippen LogP contribution is -2.13. The van der Waals surface area contributed by atoms with Crippen molar-refractivity contribution in [3.63, 3.8) is 0 Å². The molecule has 0 fully saturated rings. The van der Waals surface area contributed by atoms with Crippen LogP contribution in [0.25, 0.3) is 10.1 Å². The highest BCUT2D eigenvalue weighted by Gasteiger charge is 2.16. The molecule has 0 atom stereocenters. The van der Waals surface area contributed by atoms with Gasteiger partial charge >= 0.3 is 0 Å². The molecule has 0 saturated carbocycles. The van der Waals surface area contributed by atoms with E-state index in [1.807, 2.05) is 11.3 Å². The molecule has 0 aliphatic rings. The van der Waals surface area contributed by atoms with Crippen molar-refractivity contribution in [2.75, 3.05) is 6.54 Å². The Morgan fingerprint density at radius 1 is 1.21 bits per heavy atom. The molecule has 0 saturated heterocycles. The third-order valence-electron chi connectivity index (χ3n) is 3.61. The Morgan fingerprint density at radius 3 is 2.58 bits per heavy atom. The van der Waals surface area contributed by atoms with Crippen molar-refractivity contribution in [2.24, 2.45) is 0 Å². The van der Waals surface area contributed by atoms with Crippen molar-refractivity contribution >= 4 is 21.4 Å². The van der Waals surface area contributed by atoms with Crippen molar-refractivity contribution in [2.45, 2.75) is 53.0 Å². The molecule has 0 radical (unpaired) electrons. The van der Waals surface area contributed by atoms with Crippen molar-refractivity contribution in [1.29, 1.82) is 0 Å². The molecular weight excluding hydrogens is 250 g/mol. The van der Waals surface area contributed by atoms with Crippen LogP contribution in [0, 0.1) is 6.92 Å². The number of rotatable bonds is 4. The van der Waals surface area contributed by atoms with Crippen LogP contribution in [0.5, 0.6) is 0 Å². The summed E-state index contributed by atoms with van der Waals surface area (Å²) >= 11 is 1.93. The molecule has 104 valence electrons. The van der Waals surface area contributed by atoms with Gasteiger partial charge in [0.2, 0.25) is 0 Å². The fraction of sp³-hybridized carbons (Fsp3) is 0.529. The number of hydrogen-bond donors (Lipinski definition) is 1. The van der Waals surface area contributed by atoms with Gasteiger partial charge in [0.15, 0.2) is 0 Å². The highest BCUT2D eigenvalue weighted by Crippen LogP contribution is 2.34. The minimum atomic E-state index is 0.225. The summed E-state index contributed by atoms with van der Waals surface area (Å²) in [5.41, 5.74) is 3.10. The number of hydrogen-bond acceptors (Lipinski definition) is 2. The molecule has 2 heteroatoms. The van der Waals surface area contributed by atoms with E-state index < -0.39 is 0 Å². The van der Waals surface area contributed by atoms with Crippen LogP contribution in [-0.2, 0) is 12.0 Å². The molecule has 0 spiro atoms. The maximum absolute atomic E-state index is 3.51. The average molecular weight is 275 g/mol. The quantitative estimate of drug-likeness (QED) is 0.774. The Bertz CT molecular complexity index is 560. The van der Waals surface area contributed by atoms with E-state index in [-0.39, 0.29) is 5.41 Å². The van der Waals surface area contributed by atoms with Crippen molar-refractivity contribution in [3.8, 4) is 0 Å². The van der Waals surface area contributed by atoms with Gasteiger partial charge in [0.1, 0.15) is 0 Å². The maximum atomic E-state index is 3.51. The Balaban J connectivity index is 2.35. The van der Waals surface area contributed by atoms with E-state index in [1.54, 1.807) is 0 Å². The summed E-state index contributed by atoms with van der Waals surface area (Å²) in [5.74, 6) is 0. The van der Waals surface area contributed by atoms with Crippen LogP contribution in [0.4, 0.5) is 0 Å². The number of nitrogens with one attached hydrogen (secondary N) is 1. The van der Waals surface area contributed by atoms with Crippen LogP contribution in [0.3, 0.4) is 0 Å². The molecular formula is C17H25NS. The fourth-order valence-corrected chi connectivity index (χ4v) is 3.45. The van der Waals surface area contributed by atoms with E-state index in [4.69, 9.17) is 0 Å². The molecule has 1 aromatic carbocycles. The zero-order valence-electron chi connectivity index (χ0n) is 12.8. The molecule has 1 N–H and O–H groups in total. The van der Waals surface area contributed by atoms with Crippen molar-refractivity contribution < 1.29 is 0 Å². The standard InChI is InChI=1S/C17H25NS/c1-6-9-18-11-16-12(2)14-10-13(17(3,4)5)7-8-15(14)19-16/h7-8,10,18H,6,9,11H2,1-5H3. The number of thiophene rings is 1. The zero-order chi connectivity index (χ0) is 14.0. The second-order valence-electron chi connectivity index (χ2n) is 6.29. The van der Waals surface area contributed by atoms with E-state index in [1.165, 1.54) is 32.5 Å². The lowest BCUT2D eigenvalue weighted by atomic mass is 9.86. The molecule has 0 bridgehead atoms. The summed E-state index contributed by atoms with van der Waals surface area (Å²) in [6, 6.07) is 6.95. The molecule has 1 aromatic heterocycles. The SMILES string of the molecule is CCCNCc1sc2ccc(C(C)(C)C)cc2c1C. The normalized spacial score (nSPS) is 12.3. The summed E-state index contributed by atoms with van der Waals surface area (Å²) < 4.78 is 1.42. The Morgan fingerprint density at radius 2 is 1.95 bits per heavy atom. The lowest BCUT2D eigenvalue weighted by Gasteiger charge is -2.19. The largest absolute Gasteiger partial charge is 0.312 e. The van der Waals surface area contributed by atoms with E-state index >= 15 is 0 Å². The molecule has 0 aliphatic carbocycles. The predicted molar refractivity (Wildman–Crippen MR) is 87.3 cm³/mol. The first-order valence-electron chi connectivity index (χ1n) is 7.16. The molecule has 2 aromatic rings. The molecule has 0 amide bonds. The van der Waals surface area contributed by atoms with Crippen LogP contribution >= 0.6 is 11.3 Å². The first kappa shape index (κ1) is 14.5. The molecule has 0 aliphatic heterocycles. The van der Waals surface area contributed by atoms with Crippen molar-refractivity contribution in [3.05, 3.63) is 34.2 Å². The van der Waals surface area contributed by atoms with E-state index in [9.17, 15) is 0 Å². The van der Waals surface area contributed by atoms with Gasteiger partial charge in [-0.25, -0.2) is 0 Å². The van der Waals surface area contributed by atoms with Crippen LogP contribution in [0.2, 0.25) is 0 Å². The summed E-state index contributed by atoms with van der Waals surface area (Å²) in [6.07, 6.45) is 1.19. The second kappa shape index (κ2) is 5.64. The van der Waals surface area contributed by atoms with E-state index in [0.717, 1.165) is 13.1 Å². The lowest BCUT2D eigenvalue weighted by molar-refractivity contribution is 0.591. The smallest absolute Gasteiger partial charge is 0.0349 e. The van der Waals surface area contributed by atoms with E-state index in [2.05, 4.69) is 58.1 Å². The van der Waals surface area contributed by atoms with Gasteiger partial charge in [-0.1, -0.05) is 33.8 Å². The minimum absolute atomic E-state index is 0.225. The van der Waals surface area contributed by atoms with Gasteiger partial charge in [-0.05, 0) is 54.0 Å². The average Bonchev–Trinajstić information content (AvgIpc) is 2.66. The summed E-state index contributed by atoms with van der Waals surface area (Å²) in [4.78, 5) is 1.48. The minimum Gasteiger partial charge on any atom is -0.312 e. The van der Waals surface area contributed by atoms with Gasteiger partial charge in [-0.3, -0.25) is 0 Å². The van der Waals surface area contributed by atoms with Gasteiger partial charge in [0.25, 0.3) is 0 Å². The van der Waals surface area contributed by atoms with Crippen LogP contribution in [0.15, 0.2) is 18.2 Å². The first-order valence-corrected chi connectivity index (χ1v) is 7.98. The molecule has 1 nitrogen and oxygen atoms in total. The summed E-state index contributed by atoms with van der Waals surface area (Å²) in [5, 5.41) is 4.94. The molecule has 19 heavy (non-hydrogen) atoms. The molecule has 0 unspecified atom stereocenters. The van der Waals surface area contributed by atoms with Crippen LogP contribution in [-0.4, -0.2) is 6.54 Å². The number of aryl methyl sites for hydroxylation is 1. The number of fused-ring (bicyclic) bond motifs is 1. The Labute approximate surface area is 121 Å². The fourth-order valence-electron chi connectivity index (χ4n) is 2.29. The monoisotopic (exact) mass is 275 g/mol. The number of benzene rings is 1. The van der Waals surface area contributed by atoms with Gasteiger partial charge in [0, 0.05) is 16.1 Å². The van der Waals surface area contributed by atoms with Gasteiger partial charge < -0.3 is 5.32 Å². The molecule has 2 rings (SSSR count). The van der Waals surface area contributed by atoms with Gasteiger partial charge in [-0.2, -0.15) is 0 Å². The Hall–Kier alpha value is -0.860. The first-order chi connectivity index (χ1) is 8.93. The third kappa shape index (κ3) is 3.18. The van der Waals surface area contributed by atoms with Crippen LogP contribution < -0.4 is 5.32 Å². The third-order valence-corrected chi connectivity index (χ3v) is 4.89. The second-order valence-corrected chi connectivity index (χ2v) is 7.42. The Kier molecular flexibility index (Phi) is 4.32. The highest BCUT2D eigenvalue weighted by atomic mass is 32.1. The summed E-state index contributed by atoms with van der Waals surface area (Å²) in [7, 11) is 0. The van der Waals surface area contributed by atoms with E-state index in [0.29, 0.717) is 0 Å². The van der Waals surface area contributed by atoms with Gasteiger partial charge in [0.05, 0.1) is 0 Å². The zero-order valence-corrected chi connectivity index (χ0v) is 13.6. The predicted octanol–water partition coefficient (Wildman–Crippen LogP) is 5.01. The maximum Gasteiger partial charge on any atom is 0.0349 e. The van der Waals surface area contributed by atoms with Crippen molar-refractivity contribution in [1.82, 2.24) is 5.32 Å². The summed E-state index contributed by atoms with van der Waals surface area (Å²) in [6.45, 7) is 13.4. The van der Waals surface area contributed by atoms with Gasteiger partial charge in [-0.15, -0.1) is 11.3 Å². The molecule has 1 heterocycles.